The van der Waals surface area contributed by atoms with E-state index in [1.54, 1.807) is 0 Å². The number of nitrogens with zero attached hydrogens (tertiary/aromatic N) is 2. The number of phenols is 1. The van der Waals surface area contributed by atoms with Crippen LogP contribution in [0.1, 0.15) is 115 Å². The molecule has 4 rings (SSSR count). The van der Waals surface area contributed by atoms with Crippen LogP contribution in [0, 0.1) is 5.92 Å². The Kier molecular flexibility index (Phi) is 16.3. The predicted molar refractivity (Wildman–Crippen MR) is 200 cm³/mol. The Morgan fingerprint density at radius 1 is 0.782 bits per heavy atom. The molecule has 0 unspecified atom stereocenters. The van der Waals surface area contributed by atoms with E-state index < -0.39 is 78.2 Å². The van der Waals surface area contributed by atoms with Gasteiger partial charge in [0.2, 0.25) is 35.4 Å². The number of carbonyl (C=O) groups excluding carboxylic acids is 6. The summed E-state index contributed by atoms with van der Waals surface area (Å²) in [7, 11) is 0. The summed E-state index contributed by atoms with van der Waals surface area (Å²) in [4.78, 5) is 96.0. The molecule has 16 nitrogen and oxygen atoms in total. The molecule has 55 heavy (non-hydrogen) atoms. The normalized spacial score (nSPS) is 21.1. The maximum atomic E-state index is 14.3. The van der Waals surface area contributed by atoms with Gasteiger partial charge in [-0.25, -0.2) is 0 Å². The van der Waals surface area contributed by atoms with Crippen molar-refractivity contribution in [1.82, 2.24) is 31.1 Å². The van der Waals surface area contributed by atoms with Gasteiger partial charge in [-0.2, -0.15) is 0 Å². The molecule has 3 fully saturated rings. The quantitative estimate of drug-likeness (QED) is 0.121. The third-order valence-electron chi connectivity index (χ3n) is 10.8. The number of hydrogen-bond donors (Lipinski definition) is 7. The van der Waals surface area contributed by atoms with Gasteiger partial charge in [-0.3, -0.25) is 33.6 Å². The van der Waals surface area contributed by atoms with Crippen molar-refractivity contribution in [2.75, 3.05) is 19.6 Å². The van der Waals surface area contributed by atoms with Gasteiger partial charge in [-0.15, -0.1) is 0 Å². The highest BCUT2D eigenvalue weighted by molar-refractivity contribution is 5.98. The van der Waals surface area contributed by atoms with Crippen molar-refractivity contribution in [2.24, 2.45) is 5.92 Å². The fourth-order valence-corrected chi connectivity index (χ4v) is 7.79. The van der Waals surface area contributed by atoms with Gasteiger partial charge >= 0.3 is 5.97 Å². The van der Waals surface area contributed by atoms with Crippen molar-refractivity contribution >= 4 is 41.4 Å². The Bertz CT molecular complexity index is 1510. The first-order valence-electron chi connectivity index (χ1n) is 19.8. The van der Waals surface area contributed by atoms with E-state index in [9.17, 15) is 48.9 Å². The number of aliphatic carboxylic acids is 1. The number of carboxylic acids is 1. The zero-order chi connectivity index (χ0) is 40.1. The van der Waals surface area contributed by atoms with Gasteiger partial charge in [0, 0.05) is 26.1 Å². The van der Waals surface area contributed by atoms with Crippen molar-refractivity contribution in [1.29, 1.82) is 0 Å². The number of aromatic hydroxyl groups is 1. The standard InChI is InChI=1S/C39H58N6O10/c1-3-20-40-37(53)33(24(2)46)43-36(52)30-13-9-22-44(30)38(54)28(23-32(49)50)41-35(51)29-12-7-8-21-45(29)39(55)34(26-15-17-27(47)18-16-26)42-31(48)19-14-25-10-5-4-6-11-25/h15-18,24-25,28-30,33-34,46-47H,3-14,19-23H2,1-2H3,(H,40,53)(H,41,51)(H,42,48)(H,43,52)(H,49,50)/t24-,28+,29+,30+,33+,34+/m1/s1. The molecule has 1 aromatic rings. The van der Waals surface area contributed by atoms with Gasteiger partial charge in [-0.1, -0.05) is 51.2 Å². The summed E-state index contributed by atoms with van der Waals surface area (Å²) in [5.74, 6) is -4.66. The fourth-order valence-electron chi connectivity index (χ4n) is 7.79. The minimum absolute atomic E-state index is 0.0269. The summed E-state index contributed by atoms with van der Waals surface area (Å²) >= 11 is 0. The summed E-state index contributed by atoms with van der Waals surface area (Å²) in [6.45, 7) is 3.80. The maximum Gasteiger partial charge on any atom is 0.305 e. The largest absolute Gasteiger partial charge is 0.508 e. The van der Waals surface area contributed by atoms with Crippen LogP contribution in [0.2, 0.25) is 0 Å². The van der Waals surface area contributed by atoms with E-state index in [1.165, 1.54) is 47.4 Å². The predicted octanol–water partition coefficient (Wildman–Crippen LogP) is 1.63. The fraction of sp³-hybridized carbons (Fsp3) is 0.667. The third-order valence-corrected chi connectivity index (χ3v) is 10.8. The van der Waals surface area contributed by atoms with Crippen molar-refractivity contribution in [3.05, 3.63) is 29.8 Å². The highest BCUT2D eigenvalue weighted by atomic mass is 16.4. The lowest BCUT2D eigenvalue weighted by Crippen LogP contribution is -2.60. The molecule has 2 saturated heterocycles. The number of carbonyl (C=O) groups is 7. The first-order valence-corrected chi connectivity index (χ1v) is 19.8. The molecule has 0 bridgehead atoms. The minimum atomic E-state index is -1.58. The SMILES string of the molecule is CCCNC(=O)[C@@H](NC(=O)[C@@H]1CCCN1C(=O)[C@H](CC(=O)O)NC(=O)[C@@H]1CCCCN1C(=O)[C@@H](NC(=O)CCC1CCCCC1)c1ccc(O)cc1)[C@@H](C)O. The number of phenolic OH excluding ortho intramolecular Hbond substituents is 1. The number of aliphatic hydroxyl groups excluding tert-OH is 1. The third kappa shape index (κ3) is 12.1. The smallest absolute Gasteiger partial charge is 0.305 e. The molecule has 6 amide bonds. The second kappa shape index (κ2) is 20.8. The molecule has 0 radical (unpaired) electrons. The Morgan fingerprint density at radius 3 is 2.02 bits per heavy atom. The molecule has 0 aromatic heterocycles. The van der Waals surface area contributed by atoms with Crippen LogP contribution in [0.25, 0.3) is 0 Å². The van der Waals surface area contributed by atoms with Crippen LogP contribution in [0.3, 0.4) is 0 Å². The lowest BCUT2D eigenvalue weighted by molar-refractivity contribution is -0.149. The van der Waals surface area contributed by atoms with Gasteiger partial charge in [0.1, 0.15) is 36.0 Å². The lowest BCUT2D eigenvalue weighted by atomic mass is 9.86. The average Bonchev–Trinajstić information content (AvgIpc) is 3.67. The van der Waals surface area contributed by atoms with E-state index in [4.69, 9.17) is 0 Å². The van der Waals surface area contributed by atoms with Crippen molar-refractivity contribution in [3.63, 3.8) is 0 Å². The Labute approximate surface area is 322 Å². The molecule has 1 saturated carbocycles. The first-order chi connectivity index (χ1) is 26.3. The molecule has 2 heterocycles. The monoisotopic (exact) mass is 770 g/mol. The molecular weight excluding hydrogens is 712 g/mol. The molecule has 16 heteroatoms. The Balaban J connectivity index is 1.49. The number of amides is 6. The molecule has 7 N–H and O–H groups in total. The van der Waals surface area contributed by atoms with Crippen molar-refractivity contribution < 1.29 is 48.9 Å². The van der Waals surface area contributed by atoms with Crippen LogP contribution in [0.4, 0.5) is 0 Å². The lowest BCUT2D eigenvalue weighted by Gasteiger charge is -2.38. The van der Waals surface area contributed by atoms with Gasteiger partial charge in [0.05, 0.1) is 12.5 Å². The number of likely N-dealkylation sites (tertiary alicyclic amines) is 2. The number of hydrogen-bond acceptors (Lipinski definition) is 9. The van der Waals surface area contributed by atoms with Crippen LogP contribution in [0.5, 0.6) is 5.75 Å². The van der Waals surface area contributed by atoms with E-state index in [2.05, 4.69) is 21.3 Å². The molecule has 6 atom stereocenters. The molecule has 0 spiro atoms. The van der Waals surface area contributed by atoms with E-state index in [0.717, 1.165) is 25.7 Å². The summed E-state index contributed by atoms with van der Waals surface area (Å²) in [6.07, 6.45) is 7.10. The van der Waals surface area contributed by atoms with Crippen LogP contribution in [-0.2, 0) is 33.6 Å². The zero-order valence-electron chi connectivity index (χ0n) is 32.0. The highest BCUT2D eigenvalue weighted by Crippen LogP contribution is 2.29. The highest BCUT2D eigenvalue weighted by Gasteiger charge is 2.42. The molecule has 1 aliphatic carbocycles. The topological polar surface area (TPSA) is 235 Å². The van der Waals surface area contributed by atoms with Gasteiger partial charge in [-0.05, 0) is 75.5 Å². The summed E-state index contributed by atoms with van der Waals surface area (Å²) in [6, 6.07) is -0.321. The van der Waals surface area contributed by atoms with Gasteiger partial charge in [0.25, 0.3) is 0 Å². The molecular formula is C39H58N6O10. The maximum absolute atomic E-state index is 14.3. The molecule has 3 aliphatic rings. The number of nitrogens with one attached hydrogen (secondary N) is 4. The molecule has 1 aromatic carbocycles. The van der Waals surface area contributed by atoms with Crippen LogP contribution in [-0.4, -0.2) is 116 Å². The van der Waals surface area contributed by atoms with Crippen LogP contribution < -0.4 is 21.3 Å². The van der Waals surface area contributed by atoms with Gasteiger partial charge in [0.15, 0.2) is 0 Å². The number of aliphatic hydroxyl groups is 1. The van der Waals surface area contributed by atoms with E-state index >= 15 is 0 Å². The molecule has 304 valence electrons. The first kappa shape index (κ1) is 43.0. The number of rotatable bonds is 17. The van der Waals surface area contributed by atoms with E-state index in [1.807, 2.05) is 6.92 Å². The number of carboxylic acid groups (broad SMARTS) is 1. The second-order valence-electron chi connectivity index (χ2n) is 15.0. The summed E-state index contributed by atoms with van der Waals surface area (Å²) in [5, 5.41) is 40.5. The van der Waals surface area contributed by atoms with Crippen LogP contribution >= 0.6 is 0 Å². The zero-order valence-corrected chi connectivity index (χ0v) is 32.0. The number of benzene rings is 1. The Hall–Kier alpha value is -4.73. The van der Waals surface area contributed by atoms with Crippen LogP contribution in [0.15, 0.2) is 24.3 Å². The average molecular weight is 771 g/mol. The number of piperidine rings is 1. The minimum Gasteiger partial charge on any atom is -0.508 e. The summed E-state index contributed by atoms with van der Waals surface area (Å²) < 4.78 is 0. The summed E-state index contributed by atoms with van der Waals surface area (Å²) in [5.41, 5.74) is 0.413. The second-order valence-corrected chi connectivity index (χ2v) is 15.0. The van der Waals surface area contributed by atoms with Gasteiger partial charge < -0.3 is 46.4 Å². The Morgan fingerprint density at radius 2 is 1.38 bits per heavy atom. The van der Waals surface area contributed by atoms with Crippen molar-refractivity contribution in [3.8, 4) is 5.75 Å². The molecule has 2 aliphatic heterocycles. The van der Waals surface area contributed by atoms with E-state index in [-0.39, 0.29) is 44.0 Å². The van der Waals surface area contributed by atoms with Crippen molar-refractivity contribution in [2.45, 2.75) is 140 Å². The van der Waals surface area contributed by atoms with E-state index in [0.29, 0.717) is 50.1 Å².